The van der Waals surface area contributed by atoms with E-state index in [4.69, 9.17) is 9.47 Å². The Bertz CT molecular complexity index is 918. The fraction of sp³-hybridized carbons (Fsp3) is 0.333. The van der Waals surface area contributed by atoms with Gasteiger partial charge in [0, 0.05) is 11.3 Å². The second-order valence-corrected chi connectivity index (χ2v) is 7.93. The highest BCUT2D eigenvalue weighted by Crippen LogP contribution is 2.52. The van der Waals surface area contributed by atoms with Crippen LogP contribution in [0.1, 0.15) is 39.8 Å². The normalized spacial score (nSPS) is 21.1. The summed E-state index contributed by atoms with van der Waals surface area (Å²) < 4.78 is 10.8. The van der Waals surface area contributed by atoms with E-state index in [1.165, 1.54) is 7.11 Å². The molecule has 2 amide bonds. The molecule has 1 fully saturated rings. The average Bonchev–Trinajstić information content (AvgIpc) is 3.28. The van der Waals surface area contributed by atoms with Crippen molar-refractivity contribution < 1.29 is 19.1 Å². The van der Waals surface area contributed by atoms with Gasteiger partial charge in [-0.15, -0.1) is 11.8 Å². The van der Waals surface area contributed by atoms with Gasteiger partial charge in [0.1, 0.15) is 11.4 Å². The summed E-state index contributed by atoms with van der Waals surface area (Å²) >= 11 is 1.60. The number of nitrogens with one attached hydrogen (secondary N) is 1. The topological polar surface area (TPSA) is 67.9 Å². The van der Waals surface area contributed by atoms with Crippen LogP contribution in [0.5, 0.6) is 11.5 Å². The molecule has 0 saturated carbocycles. The number of thioether (sulfide) groups is 1. The monoisotopic (exact) mass is 398 g/mol. The minimum absolute atomic E-state index is 0.132. The van der Waals surface area contributed by atoms with Gasteiger partial charge in [-0.05, 0) is 18.6 Å². The molecule has 2 aliphatic rings. The van der Waals surface area contributed by atoms with E-state index >= 15 is 0 Å². The first-order valence-electron chi connectivity index (χ1n) is 9.11. The predicted octanol–water partition coefficient (Wildman–Crippen LogP) is 3.15. The third-order valence-corrected chi connectivity index (χ3v) is 6.56. The van der Waals surface area contributed by atoms with Crippen LogP contribution in [-0.2, 0) is 4.79 Å². The van der Waals surface area contributed by atoms with Gasteiger partial charge >= 0.3 is 0 Å². The van der Waals surface area contributed by atoms with Crippen molar-refractivity contribution >= 4 is 23.6 Å². The van der Waals surface area contributed by atoms with E-state index in [2.05, 4.69) is 5.32 Å². The molecule has 0 aromatic heterocycles. The molecular formula is C21H22N2O4S. The molecule has 0 bridgehead atoms. The third kappa shape index (κ3) is 2.90. The Kier molecular flexibility index (Phi) is 4.93. The van der Waals surface area contributed by atoms with Gasteiger partial charge in [0.25, 0.3) is 5.91 Å². The molecule has 0 aliphatic carbocycles. The van der Waals surface area contributed by atoms with E-state index in [-0.39, 0.29) is 23.2 Å². The lowest BCUT2D eigenvalue weighted by atomic mass is 10.1. The first-order chi connectivity index (χ1) is 13.6. The first-order valence-corrected chi connectivity index (χ1v) is 10.2. The summed E-state index contributed by atoms with van der Waals surface area (Å²) in [6.45, 7) is 1.95. The predicted molar refractivity (Wildman–Crippen MR) is 108 cm³/mol. The minimum Gasteiger partial charge on any atom is -0.493 e. The Morgan fingerprint density at radius 3 is 2.61 bits per heavy atom. The summed E-state index contributed by atoms with van der Waals surface area (Å²) in [5.74, 6) is 1.18. The highest BCUT2D eigenvalue weighted by Gasteiger charge is 2.50. The zero-order valence-corrected chi connectivity index (χ0v) is 16.8. The fourth-order valence-electron chi connectivity index (χ4n) is 3.83. The SMILES string of the molecule is COc1ccc2c(c1OC)C(=O)N1C(C(=O)NC(C)c3ccccc3)CSC21. The highest BCUT2D eigenvalue weighted by atomic mass is 32.2. The van der Waals surface area contributed by atoms with Crippen molar-refractivity contribution in [3.8, 4) is 11.5 Å². The molecule has 0 radical (unpaired) electrons. The Balaban J connectivity index is 1.58. The number of nitrogens with zero attached hydrogens (tertiary/aromatic N) is 1. The molecule has 2 heterocycles. The molecule has 3 unspecified atom stereocenters. The molecule has 2 aliphatic heterocycles. The molecule has 1 saturated heterocycles. The van der Waals surface area contributed by atoms with Gasteiger partial charge in [-0.25, -0.2) is 0 Å². The van der Waals surface area contributed by atoms with E-state index in [0.717, 1.165) is 11.1 Å². The van der Waals surface area contributed by atoms with Gasteiger partial charge in [0.15, 0.2) is 11.5 Å². The second-order valence-electron chi connectivity index (χ2n) is 6.82. The van der Waals surface area contributed by atoms with E-state index < -0.39 is 6.04 Å². The van der Waals surface area contributed by atoms with Gasteiger partial charge in [0.05, 0.1) is 25.8 Å². The molecular weight excluding hydrogens is 376 g/mol. The van der Waals surface area contributed by atoms with Crippen LogP contribution < -0.4 is 14.8 Å². The Labute approximate surface area is 168 Å². The lowest BCUT2D eigenvalue weighted by Crippen LogP contribution is -2.46. The molecule has 0 spiro atoms. The van der Waals surface area contributed by atoms with Crippen LogP contribution >= 0.6 is 11.8 Å². The maximum atomic E-state index is 13.2. The molecule has 7 heteroatoms. The average molecular weight is 398 g/mol. The van der Waals surface area contributed by atoms with E-state index in [9.17, 15) is 9.59 Å². The zero-order chi connectivity index (χ0) is 19.8. The van der Waals surface area contributed by atoms with Crippen molar-refractivity contribution in [2.45, 2.75) is 24.4 Å². The lowest BCUT2D eigenvalue weighted by molar-refractivity contribution is -0.125. The number of ether oxygens (including phenoxy) is 2. The van der Waals surface area contributed by atoms with Crippen LogP contribution in [0.2, 0.25) is 0 Å². The second kappa shape index (κ2) is 7.39. The van der Waals surface area contributed by atoms with Crippen LogP contribution in [0.15, 0.2) is 42.5 Å². The number of carbonyl (C=O) groups is 2. The molecule has 6 nitrogen and oxygen atoms in total. The molecule has 146 valence electrons. The summed E-state index contributed by atoms with van der Waals surface area (Å²) in [4.78, 5) is 27.8. The number of amides is 2. The molecule has 2 aromatic carbocycles. The van der Waals surface area contributed by atoms with Crippen LogP contribution in [-0.4, -0.2) is 42.7 Å². The van der Waals surface area contributed by atoms with E-state index in [0.29, 0.717) is 22.8 Å². The van der Waals surface area contributed by atoms with E-state index in [1.807, 2.05) is 43.3 Å². The van der Waals surface area contributed by atoms with Crippen molar-refractivity contribution in [3.05, 3.63) is 59.2 Å². The smallest absolute Gasteiger partial charge is 0.260 e. The zero-order valence-electron chi connectivity index (χ0n) is 16.0. The number of carbonyl (C=O) groups excluding carboxylic acids is 2. The summed E-state index contributed by atoms with van der Waals surface area (Å²) in [6, 6.07) is 12.8. The van der Waals surface area contributed by atoms with Crippen LogP contribution in [0.25, 0.3) is 0 Å². The lowest BCUT2D eigenvalue weighted by Gasteiger charge is -2.24. The van der Waals surface area contributed by atoms with Crippen molar-refractivity contribution in [2.75, 3.05) is 20.0 Å². The van der Waals surface area contributed by atoms with Crippen LogP contribution in [0, 0.1) is 0 Å². The number of benzene rings is 2. The number of hydrogen-bond donors (Lipinski definition) is 1. The summed E-state index contributed by atoms with van der Waals surface area (Å²) in [7, 11) is 3.06. The van der Waals surface area contributed by atoms with Crippen molar-refractivity contribution in [3.63, 3.8) is 0 Å². The fourth-order valence-corrected chi connectivity index (χ4v) is 5.28. The molecule has 3 atom stereocenters. The molecule has 2 aromatic rings. The van der Waals surface area contributed by atoms with Crippen molar-refractivity contribution in [2.24, 2.45) is 0 Å². The first kappa shape index (κ1) is 18.7. The molecule has 28 heavy (non-hydrogen) atoms. The maximum Gasteiger partial charge on any atom is 0.260 e. The van der Waals surface area contributed by atoms with Gasteiger partial charge in [-0.2, -0.15) is 0 Å². The maximum absolute atomic E-state index is 13.2. The van der Waals surface area contributed by atoms with Crippen molar-refractivity contribution in [1.29, 1.82) is 0 Å². The third-order valence-electron chi connectivity index (χ3n) is 5.25. The van der Waals surface area contributed by atoms with Gasteiger partial charge in [-0.3, -0.25) is 9.59 Å². The minimum atomic E-state index is -0.517. The number of fused-ring (bicyclic) bond motifs is 3. The molecule has 1 N–H and O–H groups in total. The Morgan fingerprint density at radius 1 is 1.18 bits per heavy atom. The van der Waals surface area contributed by atoms with Crippen molar-refractivity contribution in [1.82, 2.24) is 10.2 Å². The largest absolute Gasteiger partial charge is 0.493 e. The summed E-state index contributed by atoms with van der Waals surface area (Å²) in [6.07, 6.45) is 0. The summed E-state index contributed by atoms with van der Waals surface area (Å²) in [5, 5.41) is 2.87. The van der Waals surface area contributed by atoms with Gasteiger partial charge in [0.2, 0.25) is 5.91 Å². The van der Waals surface area contributed by atoms with Crippen LogP contribution in [0.4, 0.5) is 0 Å². The highest BCUT2D eigenvalue weighted by molar-refractivity contribution is 7.99. The van der Waals surface area contributed by atoms with E-state index in [1.54, 1.807) is 29.8 Å². The Hall–Kier alpha value is -2.67. The number of methoxy groups -OCH3 is 2. The quantitative estimate of drug-likeness (QED) is 0.838. The summed E-state index contributed by atoms with van der Waals surface area (Å²) in [5.41, 5.74) is 2.40. The standard InChI is InChI=1S/C21H22N2O4S/c1-12(13-7-5-4-6-8-13)22-19(24)15-11-28-21-14-9-10-16(26-2)18(27-3)17(14)20(25)23(15)21/h4-10,12,15,21H,11H2,1-3H3,(H,22,24). The van der Waals surface area contributed by atoms with Gasteiger partial charge < -0.3 is 19.7 Å². The molecule has 4 rings (SSSR count). The number of hydrogen-bond acceptors (Lipinski definition) is 5. The Morgan fingerprint density at radius 2 is 1.93 bits per heavy atom. The van der Waals surface area contributed by atoms with Crippen LogP contribution in [0.3, 0.4) is 0 Å². The number of rotatable bonds is 5. The van der Waals surface area contributed by atoms with Gasteiger partial charge in [-0.1, -0.05) is 36.4 Å².